The van der Waals surface area contributed by atoms with Gasteiger partial charge in [-0.3, -0.25) is 4.79 Å². The molecule has 0 spiro atoms. The highest BCUT2D eigenvalue weighted by Gasteiger charge is 2.20. The summed E-state index contributed by atoms with van der Waals surface area (Å²) in [6, 6.07) is 6.15. The van der Waals surface area contributed by atoms with Gasteiger partial charge < -0.3 is 8.98 Å². The van der Waals surface area contributed by atoms with Gasteiger partial charge in [0.1, 0.15) is 0 Å². The van der Waals surface area contributed by atoms with Crippen LogP contribution in [-0.4, -0.2) is 9.55 Å². The Bertz CT molecular complexity index is 858. The number of nitrogens with zero attached hydrogens (tertiary/aromatic N) is 2. The van der Waals surface area contributed by atoms with Crippen LogP contribution in [0.25, 0.3) is 22.0 Å². The number of benzene rings is 1. The molecular weight excluding hydrogens is 240 g/mol. The molecule has 0 amide bonds. The van der Waals surface area contributed by atoms with Crippen LogP contribution in [0, 0.1) is 0 Å². The van der Waals surface area contributed by atoms with E-state index in [4.69, 9.17) is 4.42 Å². The molecule has 4 nitrogen and oxygen atoms in total. The number of pyridine rings is 1. The van der Waals surface area contributed by atoms with Crippen LogP contribution in [0.4, 0.5) is 0 Å². The smallest absolute Gasteiger partial charge is 0.280 e. The largest absolute Gasteiger partial charge is 0.440 e. The number of fused-ring (bicyclic) bond motifs is 2. The molecular formula is C15H14N2O2. The van der Waals surface area contributed by atoms with Crippen LogP contribution in [0.1, 0.15) is 24.8 Å². The zero-order valence-electron chi connectivity index (χ0n) is 10.8. The lowest BCUT2D eigenvalue weighted by atomic mass is 10.0. The van der Waals surface area contributed by atoms with E-state index in [9.17, 15) is 4.79 Å². The van der Waals surface area contributed by atoms with Gasteiger partial charge in [-0.1, -0.05) is 19.1 Å². The first-order valence-corrected chi connectivity index (χ1v) is 6.73. The van der Waals surface area contributed by atoms with Gasteiger partial charge in [-0.2, -0.15) is 0 Å². The monoisotopic (exact) mass is 254 g/mol. The summed E-state index contributed by atoms with van der Waals surface area (Å²) in [4.78, 5) is 16.9. The van der Waals surface area contributed by atoms with Gasteiger partial charge in [-0.25, -0.2) is 4.98 Å². The molecule has 1 aliphatic heterocycles. The molecule has 19 heavy (non-hydrogen) atoms. The summed E-state index contributed by atoms with van der Waals surface area (Å²) >= 11 is 0. The van der Waals surface area contributed by atoms with Gasteiger partial charge in [0.05, 0.1) is 5.52 Å². The molecule has 2 aromatic heterocycles. The summed E-state index contributed by atoms with van der Waals surface area (Å²) < 4.78 is 7.63. The number of aromatic nitrogens is 2. The maximum absolute atomic E-state index is 12.5. The Kier molecular flexibility index (Phi) is 2.10. The SMILES string of the molecule is CCc1nc2c(=O)n3c4c(cccc4c2o1)CCC3. The number of para-hydroxylation sites is 1. The lowest BCUT2D eigenvalue weighted by molar-refractivity contribution is 0.540. The molecule has 0 saturated heterocycles. The molecule has 3 heterocycles. The van der Waals surface area contributed by atoms with Crippen molar-refractivity contribution < 1.29 is 4.42 Å². The average molecular weight is 254 g/mol. The topological polar surface area (TPSA) is 48.0 Å². The highest BCUT2D eigenvalue weighted by molar-refractivity contribution is 6.02. The first-order valence-electron chi connectivity index (χ1n) is 6.73. The molecule has 1 aromatic carbocycles. The minimum absolute atomic E-state index is 0.0156. The maximum Gasteiger partial charge on any atom is 0.280 e. The van der Waals surface area contributed by atoms with Crippen molar-refractivity contribution in [3.63, 3.8) is 0 Å². The third-order valence-corrected chi connectivity index (χ3v) is 3.88. The van der Waals surface area contributed by atoms with E-state index in [-0.39, 0.29) is 5.56 Å². The number of rotatable bonds is 1. The molecule has 0 radical (unpaired) electrons. The molecule has 0 fully saturated rings. The van der Waals surface area contributed by atoms with Gasteiger partial charge in [0.15, 0.2) is 17.0 Å². The highest BCUT2D eigenvalue weighted by Crippen LogP contribution is 2.29. The van der Waals surface area contributed by atoms with Crippen molar-refractivity contribution in [3.05, 3.63) is 40.0 Å². The van der Waals surface area contributed by atoms with Crippen LogP contribution in [0.15, 0.2) is 27.4 Å². The van der Waals surface area contributed by atoms with Crippen molar-refractivity contribution in [2.75, 3.05) is 0 Å². The van der Waals surface area contributed by atoms with Crippen molar-refractivity contribution in [1.29, 1.82) is 0 Å². The quantitative estimate of drug-likeness (QED) is 0.670. The standard InChI is InChI=1S/C15H14N2O2/c1-2-11-16-12-14(19-11)10-7-3-5-9-6-4-8-17(13(9)10)15(12)18/h3,5,7H,2,4,6,8H2,1H3. The van der Waals surface area contributed by atoms with E-state index in [0.29, 0.717) is 23.4 Å². The molecule has 0 saturated carbocycles. The lowest BCUT2D eigenvalue weighted by Gasteiger charge is -2.18. The molecule has 3 aromatic rings. The predicted octanol–water partition coefficient (Wildman–Crippen LogP) is 2.65. The van der Waals surface area contributed by atoms with E-state index in [0.717, 1.165) is 30.3 Å². The molecule has 0 bridgehead atoms. The number of oxazole rings is 1. The van der Waals surface area contributed by atoms with Gasteiger partial charge in [-0.05, 0) is 24.5 Å². The second-order valence-electron chi connectivity index (χ2n) is 5.01. The zero-order valence-corrected chi connectivity index (χ0v) is 10.8. The van der Waals surface area contributed by atoms with Gasteiger partial charge in [0, 0.05) is 18.4 Å². The Balaban J connectivity index is 2.30. The van der Waals surface area contributed by atoms with Crippen molar-refractivity contribution in [1.82, 2.24) is 9.55 Å². The molecule has 4 rings (SSSR count). The number of aryl methyl sites for hydroxylation is 3. The normalized spacial score (nSPS) is 14.4. The van der Waals surface area contributed by atoms with Gasteiger partial charge >= 0.3 is 0 Å². The number of hydrogen-bond acceptors (Lipinski definition) is 3. The fourth-order valence-corrected chi connectivity index (χ4v) is 3.01. The molecule has 4 heteroatoms. The van der Waals surface area contributed by atoms with Crippen LogP contribution < -0.4 is 5.56 Å². The minimum Gasteiger partial charge on any atom is -0.440 e. The van der Waals surface area contributed by atoms with E-state index in [1.165, 1.54) is 5.56 Å². The van der Waals surface area contributed by atoms with E-state index in [2.05, 4.69) is 11.1 Å². The minimum atomic E-state index is -0.0156. The fraction of sp³-hybridized carbons (Fsp3) is 0.333. The van der Waals surface area contributed by atoms with Gasteiger partial charge in [0.25, 0.3) is 5.56 Å². The lowest BCUT2D eigenvalue weighted by Crippen LogP contribution is -2.24. The van der Waals surface area contributed by atoms with Crippen molar-refractivity contribution in [3.8, 4) is 0 Å². The molecule has 0 N–H and O–H groups in total. The summed E-state index contributed by atoms with van der Waals surface area (Å²) in [5.41, 5.74) is 3.38. The summed E-state index contributed by atoms with van der Waals surface area (Å²) in [6.07, 6.45) is 2.74. The predicted molar refractivity (Wildman–Crippen MR) is 73.5 cm³/mol. The fourth-order valence-electron chi connectivity index (χ4n) is 3.01. The Hall–Kier alpha value is -2.10. The maximum atomic E-state index is 12.5. The van der Waals surface area contributed by atoms with Crippen LogP contribution in [-0.2, 0) is 19.4 Å². The molecule has 0 atom stereocenters. The van der Waals surface area contributed by atoms with Crippen LogP contribution in [0.2, 0.25) is 0 Å². The molecule has 1 aliphatic rings. The summed E-state index contributed by atoms with van der Waals surface area (Å²) in [6.45, 7) is 2.76. The third kappa shape index (κ3) is 1.34. The van der Waals surface area contributed by atoms with Crippen molar-refractivity contribution in [2.45, 2.75) is 32.7 Å². The van der Waals surface area contributed by atoms with E-state index >= 15 is 0 Å². The Morgan fingerprint density at radius 3 is 3.16 bits per heavy atom. The van der Waals surface area contributed by atoms with Crippen molar-refractivity contribution in [2.24, 2.45) is 0 Å². The Morgan fingerprint density at radius 1 is 1.42 bits per heavy atom. The highest BCUT2D eigenvalue weighted by atomic mass is 16.3. The summed E-state index contributed by atoms with van der Waals surface area (Å²) in [7, 11) is 0. The van der Waals surface area contributed by atoms with E-state index in [1.807, 2.05) is 23.6 Å². The zero-order chi connectivity index (χ0) is 13.0. The van der Waals surface area contributed by atoms with E-state index in [1.54, 1.807) is 0 Å². The van der Waals surface area contributed by atoms with E-state index < -0.39 is 0 Å². The van der Waals surface area contributed by atoms with Crippen molar-refractivity contribution >= 4 is 22.0 Å². The molecule has 0 aliphatic carbocycles. The van der Waals surface area contributed by atoms with Crippen LogP contribution >= 0.6 is 0 Å². The molecule has 0 unspecified atom stereocenters. The first kappa shape index (κ1) is 10.8. The molecule has 96 valence electrons. The van der Waals surface area contributed by atoms with Crippen LogP contribution in [0.5, 0.6) is 0 Å². The Morgan fingerprint density at radius 2 is 2.32 bits per heavy atom. The first-order chi connectivity index (χ1) is 9.29. The Labute approximate surface area is 109 Å². The average Bonchev–Trinajstić information content (AvgIpc) is 2.89. The number of hydrogen-bond donors (Lipinski definition) is 0. The second kappa shape index (κ2) is 3.70. The summed E-state index contributed by atoms with van der Waals surface area (Å²) in [5.74, 6) is 0.635. The third-order valence-electron chi connectivity index (χ3n) is 3.88. The summed E-state index contributed by atoms with van der Waals surface area (Å²) in [5, 5.41) is 1.01. The van der Waals surface area contributed by atoms with Gasteiger partial charge in [0.2, 0.25) is 0 Å². The van der Waals surface area contributed by atoms with Gasteiger partial charge in [-0.15, -0.1) is 0 Å². The second-order valence-corrected chi connectivity index (χ2v) is 5.01. The van der Waals surface area contributed by atoms with Crippen LogP contribution in [0.3, 0.4) is 0 Å².